The minimum atomic E-state index is -1.08. The highest BCUT2D eigenvalue weighted by molar-refractivity contribution is 5.97. The summed E-state index contributed by atoms with van der Waals surface area (Å²) in [5.41, 5.74) is 2.11. The van der Waals surface area contributed by atoms with Crippen LogP contribution in [0.3, 0.4) is 0 Å². The Kier molecular flexibility index (Phi) is 3.14. The molecule has 3 rings (SSSR count). The number of hydrogen-bond donors (Lipinski definition) is 1. The van der Waals surface area contributed by atoms with Crippen LogP contribution >= 0.6 is 0 Å². The fourth-order valence-corrected chi connectivity index (χ4v) is 2.53. The Hall–Kier alpha value is -2.36. The van der Waals surface area contributed by atoms with E-state index in [9.17, 15) is 14.3 Å². The maximum Gasteiger partial charge on any atom is 0.336 e. The van der Waals surface area contributed by atoms with Crippen LogP contribution in [0.5, 0.6) is 5.75 Å². The zero-order valence-corrected chi connectivity index (χ0v) is 10.7. The molecule has 0 fully saturated rings. The van der Waals surface area contributed by atoms with Gasteiger partial charge in [0.1, 0.15) is 11.6 Å². The number of hydrogen-bond acceptors (Lipinski definition) is 2. The van der Waals surface area contributed by atoms with E-state index in [0.717, 1.165) is 24.5 Å². The summed E-state index contributed by atoms with van der Waals surface area (Å²) < 4.78 is 19.2. The third kappa shape index (κ3) is 2.13. The summed E-state index contributed by atoms with van der Waals surface area (Å²) in [5.74, 6) is -0.862. The second-order valence-corrected chi connectivity index (χ2v) is 4.74. The molecule has 0 aliphatic carbocycles. The number of carboxylic acids is 1. The summed E-state index contributed by atoms with van der Waals surface area (Å²) in [6.45, 7) is 0.599. The summed E-state index contributed by atoms with van der Waals surface area (Å²) in [6.07, 6.45) is 1.83. The summed E-state index contributed by atoms with van der Waals surface area (Å²) in [5, 5.41) is 9.26. The Balaban J connectivity index is 2.23. The van der Waals surface area contributed by atoms with Crippen molar-refractivity contribution < 1.29 is 19.0 Å². The Morgan fingerprint density at radius 3 is 2.85 bits per heavy atom. The Bertz CT molecular complexity index is 679. The lowest BCUT2D eigenvalue weighted by molar-refractivity contribution is 0.0697. The molecule has 0 atom stereocenters. The van der Waals surface area contributed by atoms with E-state index in [2.05, 4.69) is 0 Å². The van der Waals surface area contributed by atoms with Gasteiger partial charge < -0.3 is 9.84 Å². The third-order valence-corrected chi connectivity index (χ3v) is 3.44. The van der Waals surface area contributed by atoms with Crippen molar-refractivity contribution in [1.82, 2.24) is 0 Å². The summed E-state index contributed by atoms with van der Waals surface area (Å²) in [4.78, 5) is 11.3. The average Bonchev–Trinajstić information content (AvgIpc) is 2.46. The Morgan fingerprint density at radius 1 is 1.20 bits per heavy atom. The fraction of sp³-hybridized carbons (Fsp3) is 0.188. The topological polar surface area (TPSA) is 46.5 Å². The van der Waals surface area contributed by atoms with Crippen molar-refractivity contribution >= 4 is 5.97 Å². The average molecular weight is 272 g/mol. The van der Waals surface area contributed by atoms with Crippen LogP contribution in [0.15, 0.2) is 36.4 Å². The molecule has 1 aliphatic heterocycles. The number of aromatic carboxylic acids is 1. The maximum absolute atomic E-state index is 13.5. The number of carboxylic acid groups (broad SMARTS) is 1. The van der Waals surface area contributed by atoms with Crippen LogP contribution in [0.1, 0.15) is 22.3 Å². The fourth-order valence-electron chi connectivity index (χ4n) is 2.53. The highest BCUT2D eigenvalue weighted by Gasteiger charge is 2.20. The van der Waals surface area contributed by atoms with Gasteiger partial charge in [0, 0.05) is 11.1 Å². The number of benzene rings is 2. The third-order valence-electron chi connectivity index (χ3n) is 3.44. The second-order valence-electron chi connectivity index (χ2n) is 4.74. The van der Waals surface area contributed by atoms with Crippen molar-refractivity contribution in [3.05, 3.63) is 53.3 Å². The molecule has 0 unspecified atom stereocenters. The standard InChI is InChI=1S/C16H13FO3/c17-11-6-7-13(16(18)19)14(9-11)12-5-1-3-10-4-2-8-20-15(10)12/h1,3,5-7,9H,2,4,8H2,(H,18,19). The molecule has 0 spiro atoms. The zero-order valence-electron chi connectivity index (χ0n) is 10.7. The first kappa shape index (κ1) is 12.7. The minimum Gasteiger partial charge on any atom is -0.493 e. The number of aryl methyl sites for hydroxylation is 1. The summed E-state index contributed by atoms with van der Waals surface area (Å²) in [6, 6.07) is 9.26. The van der Waals surface area contributed by atoms with Gasteiger partial charge in [-0.25, -0.2) is 9.18 Å². The lowest BCUT2D eigenvalue weighted by atomic mass is 9.94. The van der Waals surface area contributed by atoms with Gasteiger partial charge in [0.05, 0.1) is 12.2 Å². The first-order valence-electron chi connectivity index (χ1n) is 6.45. The van der Waals surface area contributed by atoms with Gasteiger partial charge >= 0.3 is 5.97 Å². The second kappa shape index (κ2) is 4.96. The van der Waals surface area contributed by atoms with Gasteiger partial charge in [0.15, 0.2) is 0 Å². The van der Waals surface area contributed by atoms with Crippen LogP contribution in [0, 0.1) is 5.82 Å². The summed E-state index contributed by atoms with van der Waals surface area (Å²) in [7, 11) is 0. The van der Waals surface area contributed by atoms with Crippen LogP contribution in [-0.4, -0.2) is 17.7 Å². The van der Waals surface area contributed by atoms with Gasteiger partial charge in [-0.3, -0.25) is 0 Å². The lowest BCUT2D eigenvalue weighted by Gasteiger charge is -2.21. The highest BCUT2D eigenvalue weighted by Crippen LogP contribution is 2.38. The molecule has 1 aliphatic rings. The van der Waals surface area contributed by atoms with Crippen molar-refractivity contribution in [1.29, 1.82) is 0 Å². The Labute approximate surface area is 115 Å². The quantitative estimate of drug-likeness (QED) is 0.909. The van der Waals surface area contributed by atoms with Crippen molar-refractivity contribution in [3.63, 3.8) is 0 Å². The van der Waals surface area contributed by atoms with Crippen LogP contribution < -0.4 is 4.74 Å². The number of carbonyl (C=O) groups is 1. The van der Waals surface area contributed by atoms with Crippen LogP contribution in [0.2, 0.25) is 0 Å². The van der Waals surface area contributed by atoms with Gasteiger partial charge in [0.25, 0.3) is 0 Å². The highest BCUT2D eigenvalue weighted by atomic mass is 19.1. The van der Waals surface area contributed by atoms with Gasteiger partial charge in [-0.2, -0.15) is 0 Å². The molecular weight excluding hydrogens is 259 g/mol. The molecule has 102 valence electrons. The molecule has 0 saturated carbocycles. The molecule has 3 nitrogen and oxygen atoms in total. The van der Waals surface area contributed by atoms with Crippen LogP contribution in [0.4, 0.5) is 4.39 Å². The number of halogens is 1. The molecule has 2 aromatic rings. The molecule has 20 heavy (non-hydrogen) atoms. The van der Waals surface area contributed by atoms with Gasteiger partial charge in [-0.1, -0.05) is 18.2 Å². The van der Waals surface area contributed by atoms with E-state index in [4.69, 9.17) is 4.74 Å². The molecule has 0 radical (unpaired) electrons. The smallest absolute Gasteiger partial charge is 0.336 e. The monoisotopic (exact) mass is 272 g/mol. The number of para-hydroxylation sites is 1. The maximum atomic E-state index is 13.5. The molecule has 0 saturated heterocycles. The number of ether oxygens (including phenoxy) is 1. The van der Waals surface area contributed by atoms with Crippen LogP contribution in [0.25, 0.3) is 11.1 Å². The van der Waals surface area contributed by atoms with Crippen molar-refractivity contribution in [3.8, 4) is 16.9 Å². The van der Waals surface area contributed by atoms with E-state index in [1.165, 1.54) is 12.1 Å². The van der Waals surface area contributed by atoms with E-state index in [1.807, 2.05) is 12.1 Å². The normalized spacial score (nSPS) is 13.4. The molecule has 4 heteroatoms. The lowest BCUT2D eigenvalue weighted by Crippen LogP contribution is -2.10. The molecule has 0 aromatic heterocycles. The van der Waals surface area contributed by atoms with Gasteiger partial charge in [-0.05, 0) is 36.6 Å². The Morgan fingerprint density at radius 2 is 2.05 bits per heavy atom. The van der Waals surface area contributed by atoms with Crippen molar-refractivity contribution in [2.45, 2.75) is 12.8 Å². The first-order chi connectivity index (χ1) is 9.66. The zero-order chi connectivity index (χ0) is 14.1. The predicted molar refractivity (Wildman–Crippen MR) is 72.6 cm³/mol. The SMILES string of the molecule is O=C(O)c1ccc(F)cc1-c1cccc2c1OCCC2. The van der Waals surface area contributed by atoms with E-state index >= 15 is 0 Å². The molecule has 0 bridgehead atoms. The van der Waals surface area contributed by atoms with Crippen LogP contribution in [-0.2, 0) is 6.42 Å². The minimum absolute atomic E-state index is 0.0778. The van der Waals surface area contributed by atoms with E-state index in [0.29, 0.717) is 23.5 Å². The van der Waals surface area contributed by atoms with E-state index in [-0.39, 0.29) is 5.56 Å². The van der Waals surface area contributed by atoms with Gasteiger partial charge in [-0.15, -0.1) is 0 Å². The first-order valence-corrected chi connectivity index (χ1v) is 6.45. The van der Waals surface area contributed by atoms with Gasteiger partial charge in [0.2, 0.25) is 0 Å². The van der Waals surface area contributed by atoms with E-state index < -0.39 is 11.8 Å². The largest absolute Gasteiger partial charge is 0.493 e. The molecule has 1 heterocycles. The molecular formula is C16H13FO3. The molecule has 1 N–H and O–H groups in total. The van der Waals surface area contributed by atoms with Crippen molar-refractivity contribution in [2.75, 3.05) is 6.61 Å². The van der Waals surface area contributed by atoms with E-state index in [1.54, 1.807) is 6.07 Å². The number of fused-ring (bicyclic) bond motifs is 1. The predicted octanol–water partition coefficient (Wildman–Crippen LogP) is 3.52. The number of rotatable bonds is 2. The molecule has 2 aromatic carbocycles. The summed E-state index contributed by atoms with van der Waals surface area (Å²) >= 11 is 0. The molecule has 0 amide bonds. The van der Waals surface area contributed by atoms with Crippen molar-refractivity contribution in [2.24, 2.45) is 0 Å².